The Morgan fingerprint density at radius 1 is 0.850 bits per heavy atom. The summed E-state index contributed by atoms with van der Waals surface area (Å²) in [6.07, 6.45) is 0. The Kier molecular flexibility index (Phi) is 8.70. The van der Waals surface area contributed by atoms with E-state index in [1.54, 1.807) is 0 Å². The van der Waals surface area contributed by atoms with Crippen molar-refractivity contribution in [3.8, 4) is 0 Å². The van der Waals surface area contributed by atoms with E-state index in [1.165, 1.54) is 22.3 Å². The first-order chi connectivity index (χ1) is 7.99. The fraction of sp³-hybridized carbons (Fsp3) is 0.625. The van der Waals surface area contributed by atoms with E-state index in [4.69, 9.17) is 0 Å². The summed E-state index contributed by atoms with van der Waals surface area (Å²) in [7, 11) is 0. The van der Waals surface area contributed by atoms with Crippen molar-refractivity contribution in [2.75, 3.05) is 0 Å². The average Bonchev–Trinajstić information content (AvgIpc) is 2.23. The summed E-state index contributed by atoms with van der Waals surface area (Å²) in [4.78, 5) is 0. The number of nitrogens with zero attached hydrogens (tertiary/aromatic N) is 1. The van der Waals surface area contributed by atoms with Crippen LogP contribution in [0.15, 0.2) is 12.1 Å². The Balaban J connectivity index is 0. The summed E-state index contributed by atoms with van der Waals surface area (Å²) >= 11 is 2.22. The van der Waals surface area contributed by atoms with Crippen molar-refractivity contribution in [1.82, 2.24) is 3.38 Å². The van der Waals surface area contributed by atoms with E-state index in [-0.39, 0.29) is 35.9 Å². The van der Waals surface area contributed by atoms with Gasteiger partial charge in [-0.25, -0.2) is 0 Å². The Hall–Kier alpha value is 0.474. The molecule has 0 radical (unpaired) electrons. The molecule has 0 atom stereocenters. The van der Waals surface area contributed by atoms with E-state index in [1.807, 2.05) is 0 Å². The van der Waals surface area contributed by atoms with Gasteiger partial charge in [0, 0.05) is 0 Å². The number of rotatable bonds is 2. The Labute approximate surface area is 149 Å². The van der Waals surface area contributed by atoms with Gasteiger partial charge in [-0.15, -0.1) is 24.8 Å². The minimum absolute atomic E-state index is 0. The second kappa shape index (κ2) is 7.65. The van der Waals surface area contributed by atoms with E-state index in [9.17, 15) is 0 Å². The van der Waals surface area contributed by atoms with E-state index >= 15 is 0 Å². The van der Waals surface area contributed by atoms with Crippen molar-refractivity contribution in [3.05, 3.63) is 34.4 Å². The molecule has 0 aliphatic rings. The van der Waals surface area contributed by atoms with Gasteiger partial charge in [0.1, 0.15) is 0 Å². The SMILES string of the molecule is Cc1ccc(C(C)(C)[N]([Ti])C(C)(C)C)c(C)c1C.Cl.Cl. The zero-order valence-electron chi connectivity index (χ0n) is 13.9. The third-order valence-electron chi connectivity index (χ3n) is 3.95. The molecule has 0 saturated carbocycles. The van der Waals surface area contributed by atoms with Crippen LogP contribution in [0.25, 0.3) is 0 Å². The fourth-order valence-electron chi connectivity index (χ4n) is 2.58. The first-order valence-electron chi connectivity index (χ1n) is 6.58. The van der Waals surface area contributed by atoms with Crippen molar-refractivity contribution >= 4 is 24.8 Å². The average molecular weight is 353 g/mol. The number of hydrogen-bond acceptors (Lipinski definition) is 1. The van der Waals surface area contributed by atoms with Gasteiger partial charge < -0.3 is 0 Å². The van der Waals surface area contributed by atoms with Crippen LogP contribution in [0.5, 0.6) is 0 Å². The second-order valence-corrected chi connectivity index (χ2v) is 7.44. The van der Waals surface area contributed by atoms with Crippen molar-refractivity contribution in [2.24, 2.45) is 0 Å². The summed E-state index contributed by atoms with van der Waals surface area (Å²) in [5, 5.41) is 0. The third-order valence-corrected chi connectivity index (χ3v) is 5.87. The predicted octanol–water partition coefficient (Wildman–Crippen LogP) is 5.25. The normalized spacial score (nSPS) is 11.8. The van der Waals surface area contributed by atoms with Gasteiger partial charge in [-0.05, 0) is 0 Å². The van der Waals surface area contributed by atoms with Crippen LogP contribution in [-0.4, -0.2) is 8.92 Å². The molecule has 0 saturated heterocycles. The van der Waals surface area contributed by atoms with Gasteiger partial charge >= 0.3 is 125 Å². The van der Waals surface area contributed by atoms with E-state index in [0.29, 0.717) is 0 Å². The fourth-order valence-corrected chi connectivity index (χ4v) is 2.77. The molecule has 0 aliphatic carbocycles. The Morgan fingerprint density at radius 2 is 1.30 bits per heavy atom. The van der Waals surface area contributed by atoms with E-state index in [2.05, 4.69) is 91.6 Å². The van der Waals surface area contributed by atoms with Crippen LogP contribution in [0.3, 0.4) is 0 Å². The summed E-state index contributed by atoms with van der Waals surface area (Å²) in [5.41, 5.74) is 5.86. The molecule has 0 N–H and O–H groups in total. The molecule has 1 aromatic carbocycles. The Morgan fingerprint density at radius 3 is 1.70 bits per heavy atom. The monoisotopic (exact) mass is 352 g/mol. The number of benzene rings is 1. The molecule has 4 heteroatoms. The molecule has 0 fully saturated rings. The molecule has 0 amide bonds. The van der Waals surface area contributed by atoms with Crippen molar-refractivity contribution in [1.29, 1.82) is 0 Å². The van der Waals surface area contributed by atoms with Crippen LogP contribution in [-0.2, 0) is 26.2 Å². The predicted molar refractivity (Wildman–Crippen MR) is 89.8 cm³/mol. The molecular weight excluding hydrogens is 325 g/mol. The molecule has 0 heterocycles. The van der Waals surface area contributed by atoms with Crippen molar-refractivity contribution in [2.45, 2.75) is 66.5 Å². The van der Waals surface area contributed by atoms with Crippen LogP contribution >= 0.6 is 24.8 Å². The minimum Gasteiger partial charge on any atom is -0.147 e. The van der Waals surface area contributed by atoms with Crippen LogP contribution in [0.4, 0.5) is 0 Å². The smallest absolute Gasteiger partial charge is 0.147 e. The topological polar surface area (TPSA) is 3.24 Å². The van der Waals surface area contributed by atoms with Gasteiger partial charge in [0.05, 0.1) is 0 Å². The van der Waals surface area contributed by atoms with Crippen LogP contribution in [0, 0.1) is 20.8 Å². The summed E-state index contributed by atoms with van der Waals surface area (Å²) in [5.74, 6) is 0. The molecular formula is C16H28Cl2NTi. The van der Waals surface area contributed by atoms with Crippen molar-refractivity contribution in [3.63, 3.8) is 0 Å². The number of aryl methyl sites for hydroxylation is 1. The van der Waals surface area contributed by atoms with Crippen LogP contribution in [0.1, 0.15) is 56.9 Å². The molecule has 0 aromatic heterocycles. The molecule has 1 rings (SSSR count). The van der Waals surface area contributed by atoms with Gasteiger partial charge in [-0.2, -0.15) is 0 Å². The zero-order valence-corrected chi connectivity index (χ0v) is 17.1. The zero-order chi connectivity index (χ0) is 14.3. The van der Waals surface area contributed by atoms with Crippen molar-refractivity contribution < 1.29 is 20.7 Å². The molecule has 20 heavy (non-hydrogen) atoms. The largest absolute Gasteiger partial charge is 0.147 e. The number of hydrogen-bond donors (Lipinski definition) is 0. The first-order valence-corrected chi connectivity index (χ1v) is 7.28. The summed E-state index contributed by atoms with van der Waals surface area (Å²) in [6.45, 7) is 18.1. The van der Waals surface area contributed by atoms with Crippen LogP contribution < -0.4 is 0 Å². The first kappa shape index (κ1) is 22.8. The molecule has 0 aliphatic heterocycles. The quantitative estimate of drug-likeness (QED) is 0.656. The standard InChI is InChI=1S/C16H26N.2ClH.Ti/c1-11-9-10-14(13(3)12(11)2)16(7,8)17-15(4,5)6;;;/h9-10H,1-8H3;2*1H;/q-1;;;+1. The maximum Gasteiger partial charge on any atom is -0.147 e. The second-order valence-electron chi connectivity index (χ2n) is 6.75. The maximum atomic E-state index is 2.46. The number of halogens is 2. The summed E-state index contributed by atoms with van der Waals surface area (Å²) in [6, 6.07) is 4.54. The van der Waals surface area contributed by atoms with Gasteiger partial charge in [-0.3, -0.25) is 0 Å². The van der Waals surface area contributed by atoms with E-state index < -0.39 is 0 Å². The molecule has 0 unspecified atom stereocenters. The molecule has 1 aromatic rings. The maximum absolute atomic E-state index is 2.46. The van der Waals surface area contributed by atoms with Gasteiger partial charge in [-0.1, -0.05) is 0 Å². The molecule has 115 valence electrons. The van der Waals surface area contributed by atoms with Gasteiger partial charge in [0.15, 0.2) is 0 Å². The Bertz CT molecular complexity index is 451. The summed E-state index contributed by atoms with van der Waals surface area (Å²) < 4.78 is 2.46. The van der Waals surface area contributed by atoms with Crippen LogP contribution in [0.2, 0.25) is 0 Å². The van der Waals surface area contributed by atoms with Gasteiger partial charge in [0.2, 0.25) is 0 Å². The molecule has 1 nitrogen and oxygen atoms in total. The molecule has 0 bridgehead atoms. The minimum atomic E-state index is 0. The third kappa shape index (κ3) is 4.48. The molecule has 0 spiro atoms. The van der Waals surface area contributed by atoms with E-state index in [0.717, 1.165) is 0 Å². The van der Waals surface area contributed by atoms with Gasteiger partial charge in [0.25, 0.3) is 0 Å².